The number of nitrogens with zero attached hydrogens (tertiary/aromatic N) is 3. The van der Waals surface area contributed by atoms with Crippen molar-refractivity contribution in [2.45, 2.75) is 13.0 Å². The second-order valence-corrected chi connectivity index (χ2v) is 6.82. The number of piperazine rings is 1. The molecule has 0 aliphatic carbocycles. The van der Waals surface area contributed by atoms with Crippen LogP contribution >= 0.6 is 11.3 Å². The summed E-state index contributed by atoms with van der Waals surface area (Å²) in [5.74, 6) is 0.299. The van der Waals surface area contributed by atoms with E-state index in [2.05, 4.69) is 20.1 Å². The van der Waals surface area contributed by atoms with E-state index in [-0.39, 0.29) is 11.9 Å². The van der Waals surface area contributed by atoms with Gasteiger partial charge in [-0.15, -0.1) is 11.3 Å². The maximum absolute atomic E-state index is 12.5. The first-order valence-electron chi connectivity index (χ1n) is 8.14. The molecule has 8 heteroatoms. The van der Waals surface area contributed by atoms with Crippen molar-refractivity contribution < 1.29 is 9.59 Å². The van der Waals surface area contributed by atoms with Crippen LogP contribution in [0.25, 0.3) is 0 Å². The summed E-state index contributed by atoms with van der Waals surface area (Å²) in [7, 11) is 0. The number of thiophene rings is 1. The van der Waals surface area contributed by atoms with E-state index in [4.69, 9.17) is 5.73 Å². The van der Waals surface area contributed by atoms with Gasteiger partial charge < -0.3 is 16.0 Å². The number of pyridine rings is 1. The molecule has 0 bridgehead atoms. The smallest absolute Gasteiger partial charge is 0.251 e. The normalized spacial score (nSPS) is 16.4. The Morgan fingerprint density at radius 3 is 2.64 bits per heavy atom. The van der Waals surface area contributed by atoms with Crippen LogP contribution in [-0.4, -0.2) is 53.9 Å². The number of aromatic nitrogens is 1. The number of anilines is 2. The fraction of sp³-hybridized carbons (Fsp3) is 0.353. The van der Waals surface area contributed by atoms with Gasteiger partial charge in [0.1, 0.15) is 10.8 Å². The fourth-order valence-corrected chi connectivity index (χ4v) is 3.66. The average Bonchev–Trinajstić information content (AvgIpc) is 3.10. The monoisotopic (exact) mass is 359 g/mol. The van der Waals surface area contributed by atoms with Crippen LogP contribution in [0.2, 0.25) is 0 Å². The third-order valence-electron chi connectivity index (χ3n) is 4.38. The van der Waals surface area contributed by atoms with Crippen LogP contribution in [-0.2, 0) is 4.79 Å². The van der Waals surface area contributed by atoms with Gasteiger partial charge in [-0.05, 0) is 30.5 Å². The zero-order chi connectivity index (χ0) is 17.8. The van der Waals surface area contributed by atoms with E-state index in [1.54, 1.807) is 17.6 Å². The Hall–Kier alpha value is -2.45. The Balaban J connectivity index is 1.57. The fourth-order valence-electron chi connectivity index (χ4n) is 2.86. The van der Waals surface area contributed by atoms with Crippen molar-refractivity contribution in [3.63, 3.8) is 0 Å². The van der Waals surface area contributed by atoms with Gasteiger partial charge in [0, 0.05) is 32.4 Å². The number of nitrogens with two attached hydrogens (primary N) is 1. The molecule has 0 unspecified atom stereocenters. The Kier molecular flexibility index (Phi) is 5.30. The minimum atomic E-state index is -0.534. The molecule has 1 aliphatic heterocycles. The molecule has 132 valence electrons. The van der Waals surface area contributed by atoms with E-state index in [0.717, 1.165) is 32.0 Å². The summed E-state index contributed by atoms with van der Waals surface area (Å²) in [6.07, 6.45) is 1.79. The van der Waals surface area contributed by atoms with E-state index in [0.29, 0.717) is 10.6 Å². The number of carbonyl (C=O) groups is 2. The van der Waals surface area contributed by atoms with Crippen LogP contribution in [0.1, 0.15) is 17.3 Å². The lowest BCUT2D eigenvalue weighted by Gasteiger charge is -2.37. The Morgan fingerprint density at radius 1 is 1.24 bits per heavy atom. The molecule has 3 N–H and O–H groups in total. The molecule has 0 saturated carbocycles. The highest BCUT2D eigenvalue weighted by atomic mass is 32.1. The van der Waals surface area contributed by atoms with Gasteiger partial charge in [0.2, 0.25) is 5.91 Å². The average molecular weight is 359 g/mol. The lowest BCUT2D eigenvalue weighted by Crippen LogP contribution is -2.53. The van der Waals surface area contributed by atoms with Crippen molar-refractivity contribution in [2.75, 3.05) is 36.4 Å². The van der Waals surface area contributed by atoms with Crippen LogP contribution < -0.4 is 16.0 Å². The largest absolute Gasteiger partial charge is 0.366 e. The van der Waals surface area contributed by atoms with Crippen LogP contribution in [0.15, 0.2) is 35.8 Å². The Labute approximate surface area is 150 Å². The highest BCUT2D eigenvalue weighted by molar-refractivity contribution is 7.14. The third kappa shape index (κ3) is 3.97. The maximum Gasteiger partial charge on any atom is 0.251 e. The molecule has 3 rings (SSSR count). The molecule has 0 radical (unpaired) electrons. The topological polar surface area (TPSA) is 91.6 Å². The van der Waals surface area contributed by atoms with Gasteiger partial charge >= 0.3 is 0 Å². The van der Waals surface area contributed by atoms with Gasteiger partial charge in [0.25, 0.3) is 5.91 Å². The Morgan fingerprint density at radius 2 is 2.00 bits per heavy atom. The summed E-state index contributed by atoms with van der Waals surface area (Å²) in [5.41, 5.74) is 5.67. The van der Waals surface area contributed by atoms with Crippen molar-refractivity contribution in [1.29, 1.82) is 0 Å². The molecule has 1 aliphatic rings. The molecule has 7 nitrogen and oxygen atoms in total. The van der Waals surface area contributed by atoms with E-state index in [9.17, 15) is 9.59 Å². The molecule has 2 amide bonds. The first-order chi connectivity index (χ1) is 12.1. The van der Waals surface area contributed by atoms with Gasteiger partial charge in [0.05, 0.1) is 11.6 Å². The first-order valence-corrected chi connectivity index (χ1v) is 9.02. The van der Waals surface area contributed by atoms with Crippen LogP contribution in [0.4, 0.5) is 10.8 Å². The molecule has 0 aromatic carbocycles. The number of hydrogen-bond acceptors (Lipinski definition) is 6. The molecule has 1 saturated heterocycles. The van der Waals surface area contributed by atoms with Gasteiger partial charge in [-0.25, -0.2) is 4.98 Å². The van der Waals surface area contributed by atoms with Crippen LogP contribution in [0, 0.1) is 0 Å². The standard InChI is InChI=1S/C17H21N5O2S/c1-12(16(24)20-17-13(15(18)23)5-11-25-17)21-7-9-22(10-8-21)14-4-2-3-6-19-14/h2-6,11-12H,7-10H2,1H3,(H2,18,23)(H,20,24)/t12-/m1/s1. The maximum atomic E-state index is 12.5. The van der Waals surface area contributed by atoms with Crippen molar-refractivity contribution in [3.05, 3.63) is 41.4 Å². The number of rotatable bonds is 5. The summed E-state index contributed by atoms with van der Waals surface area (Å²) in [5, 5.41) is 5.08. The minimum Gasteiger partial charge on any atom is -0.366 e. The van der Waals surface area contributed by atoms with Gasteiger partial charge in [-0.1, -0.05) is 6.07 Å². The zero-order valence-electron chi connectivity index (χ0n) is 14.0. The lowest BCUT2D eigenvalue weighted by atomic mass is 10.2. The highest BCUT2D eigenvalue weighted by Crippen LogP contribution is 2.23. The van der Waals surface area contributed by atoms with Crippen molar-refractivity contribution in [3.8, 4) is 0 Å². The summed E-state index contributed by atoms with van der Waals surface area (Å²) < 4.78 is 0. The van der Waals surface area contributed by atoms with Gasteiger partial charge in [-0.2, -0.15) is 0 Å². The van der Waals surface area contributed by atoms with Crippen LogP contribution in [0.5, 0.6) is 0 Å². The van der Waals surface area contributed by atoms with Gasteiger partial charge in [0.15, 0.2) is 0 Å². The third-order valence-corrected chi connectivity index (χ3v) is 5.21. The van der Waals surface area contributed by atoms with Crippen molar-refractivity contribution in [2.24, 2.45) is 5.73 Å². The molecule has 1 atom stereocenters. The predicted octanol–water partition coefficient (Wildman–Crippen LogP) is 1.39. The summed E-state index contributed by atoms with van der Waals surface area (Å²) in [6.45, 7) is 5.07. The number of amides is 2. The quantitative estimate of drug-likeness (QED) is 0.842. The van der Waals surface area contributed by atoms with Gasteiger partial charge in [-0.3, -0.25) is 14.5 Å². The van der Waals surface area contributed by atoms with E-state index < -0.39 is 5.91 Å². The summed E-state index contributed by atoms with van der Waals surface area (Å²) >= 11 is 1.30. The van der Waals surface area contributed by atoms with Crippen molar-refractivity contribution in [1.82, 2.24) is 9.88 Å². The van der Waals surface area contributed by atoms with Crippen molar-refractivity contribution >= 4 is 34.0 Å². The summed E-state index contributed by atoms with van der Waals surface area (Å²) in [6, 6.07) is 7.21. The summed E-state index contributed by atoms with van der Waals surface area (Å²) in [4.78, 5) is 32.6. The van der Waals surface area contributed by atoms with E-state index in [1.807, 2.05) is 25.1 Å². The minimum absolute atomic E-state index is 0.128. The molecule has 3 heterocycles. The molecule has 25 heavy (non-hydrogen) atoms. The second kappa shape index (κ2) is 7.62. The first kappa shape index (κ1) is 17.4. The Bertz CT molecular complexity index is 741. The number of nitrogens with one attached hydrogen (secondary N) is 1. The van der Waals surface area contributed by atoms with E-state index in [1.165, 1.54) is 11.3 Å². The highest BCUT2D eigenvalue weighted by Gasteiger charge is 2.27. The lowest BCUT2D eigenvalue weighted by molar-refractivity contribution is -0.120. The molecule has 2 aromatic rings. The number of primary amides is 1. The molecule has 2 aromatic heterocycles. The SMILES string of the molecule is C[C@H](C(=O)Nc1sccc1C(N)=O)N1CCN(c2ccccn2)CC1. The molecular weight excluding hydrogens is 338 g/mol. The van der Waals surface area contributed by atoms with Crippen LogP contribution in [0.3, 0.4) is 0 Å². The second-order valence-electron chi connectivity index (χ2n) is 5.90. The van der Waals surface area contributed by atoms with E-state index >= 15 is 0 Å². The molecule has 1 fully saturated rings. The number of carbonyl (C=O) groups excluding carboxylic acids is 2. The predicted molar refractivity (Wildman–Crippen MR) is 99.0 cm³/mol. The zero-order valence-corrected chi connectivity index (χ0v) is 14.8. The molecular formula is C17H21N5O2S. The number of hydrogen-bond donors (Lipinski definition) is 2. The molecule has 0 spiro atoms.